The molecule has 33 heavy (non-hydrogen) atoms. The number of carbonyl (C=O) groups excluding carboxylic acids is 1. The molecule has 2 aromatic rings. The van der Waals surface area contributed by atoms with Gasteiger partial charge in [-0.3, -0.25) is 9.78 Å². The predicted molar refractivity (Wildman–Crippen MR) is 128 cm³/mol. The van der Waals surface area contributed by atoms with Crippen LogP contribution in [0, 0.1) is 0 Å². The van der Waals surface area contributed by atoms with Gasteiger partial charge in [-0.2, -0.15) is 0 Å². The fraction of sp³-hybridized carbons (Fsp3) is 0.455. The van der Waals surface area contributed by atoms with E-state index in [1.54, 1.807) is 23.4 Å². The second-order valence-electron chi connectivity index (χ2n) is 7.76. The number of nitrogens with one attached hydrogen (secondary N) is 3. The average molecular weight is 477 g/mol. The molecule has 1 aromatic heterocycles. The molecule has 0 bridgehead atoms. The number of pyridine rings is 1. The minimum atomic E-state index is -3.75. The number of benzene rings is 1. The van der Waals surface area contributed by atoms with E-state index in [4.69, 9.17) is 5.73 Å². The normalized spacial score (nSPS) is 14.2. The number of nitrogens with zero attached hydrogens (tertiary/aromatic N) is 2. The van der Waals surface area contributed by atoms with Crippen LogP contribution in [0.4, 0.5) is 11.4 Å². The molecule has 6 N–H and O–H groups in total. The lowest BCUT2D eigenvalue weighted by Gasteiger charge is -2.29. The van der Waals surface area contributed by atoms with E-state index in [9.17, 15) is 18.3 Å². The summed E-state index contributed by atoms with van der Waals surface area (Å²) in [6.07, 6.45) is 3.44. The Hall–Kier alpha value is -2.73. The van der Waals surface area contributed by atoms with Gasteiger partial charge < -0.3 is 31.7 Å². The molecular weight excluding hydrogens is 444 g/mol. The first-order chi connectivity index (χ1) is 16.0. The van der Waals surface area contributed by atoms with Crippen LogP contribution >= 0.6 is 0 Å². The SMILES string of the molecule is NCCNc1cc(NCc2ccncc2)c(S(=O)(=O)CCCO)cc1C(=O)N1CCNCC1. The summed E-state index contributed by atoms with van der Waals surface area (Å²) in [4.78, 5) is 19.1. The van der Waals surface area contributed by atoms with Crippen LogP contribution in [0.3, 0.4) is 0 Å². The zero-order valence-corrected chi connectivity index (χ0v) is 19.4. The number of amides is 1. The molecule has 180 valence electrons. The fourth-order valence-electron chi connectivity index (χ4n) is 3.61. The summed E-state index contributed by atoms with van der Waals surface area (Å²) in [7, 11) is -3.75. The molecule has 11 heteroatoms. The molecule has 0 radical (unpaired) electrons. The van der Waals surface area contributed by atoms with Gasteiger partial charge in [0.05, 0.1) is 21.9 Å². The molecule has 1 saturated heterocycles. The van der Waals surface area contributed by atoms with E-state index >= 15 is 0 Å². The highest BCUT2D eigenvalue weighted by Gasteiger charge is 2.26. The summed E-state index contributed by atoms with van der Waals surface area (Å²) >= 11 is 0. The third-order valence-electron chi connectivity index (χ3n) is 5.35. The largest absolute Gasteiger partial charge is 0.396 e. The summed E-state index contributed by atoms with van der Waals surface area (Å²) < 4.78 is 26.3. The number of carbonyl (C=O) groups is 1. The number of aliphatic hydroxyl groups excluding tert-OH is 1. The third-order valence-corrected chi connectivity index (χ3v) is 7.19. The molecule has 3 rings (SSSR count). The number of nitrogens with two attached hydrogens (primary N) is 1. The van der Waals surface area contributed by atoms with Crippen molar-refractivity contribution in [3.8, 4) is 0 Å². The molecule has 1 aliphatic rings. The maximum absolute atomic E-state index is 13.3. The Morgan fingerprint density at radius 1 is 1.15 bits per heavy atom. The highest BCUT2D eigenvalue weighted by atomic mass is 32.2. The molecule has 1 aliphatic heterocycles. The quantitative estimate of drug-likeness (QED) is 0.308. The Balaban J connectivity index is 2.04. The Bertz CT molecular complexity index is 1030. The van der Waals surface area contributed by atoms with Crippen LogP contribution in [0.2, 0.25) is 0 Å². The Kier molecular flexibility index (Phi) is 9.01. The lowest BCUT2D eigenvalue weighted by Crippen LogP contribution is -2.46. The van der Waals surface area contributed by atoms with Crippen molar-refractivity contribution in [2.45, 2.75) is 17.9 Å². The summed E-state index contributed by atoms with van der Waals surface area (Å²) in [5.74, 6) is -0.445. The Morgan fingerprint density at radius 3 is 2.55 bits per heavy atom. The van der Waals surface area contributed by atoms with Crippen molar-refractivity contribution in [1.82, 2.24) is 15.2 Å². The number of aromatic nitrogens is 1. The predicted octanol–water partition coefficient (Wildman–Crippen LogP) is 0.266. The van der Waals surface area contributed by atoms with Gasteiger partial charge in [0.15, 0.2) is 9.84 Å². The van der Waals surface area contributed by atoms with E-state index < -0.39 is 9.84 Å². The monoisotopic (exact) mass is 476 g/mol. The molecule has 1 fully saturated rings. The summed E-state index contributed by atoms with van der Waals surface area (Å²) in [5.41, 5.74) is 7.81. The van der Waals surface area contributed by atoms with Crippen LogP contribution in [-0.2, 0) is 16.4 Å². The average Bonchev–Trinajstić information content (AvgIpc) is 2.85. The number of rotatable bonds is 11. The number of hydrogen-bond donors (Lipinski definition) is 5. The highest BCUT2D eigenvalue weighted by molar-refractivity contribution is 7.91. The summed E-state index contributed by atoms with van der Waals surface area (Å²) in [6.45, 7) is 3.40. The maximum Gasteiger partial charge on any atom is 0.256 e. The summed E-state index contributed by atoms with van der Waals surface area (Å²) in [6, 6.07) is 6.79. The molecule has 0 unspecified atom stereocenters. The van der Waals surface area contributed by atoms with Gasteiger partial charge in [0.2, 0.25) is 0 Å². The second kappa shape index (κ2) is 11.9. The van der Waals surface area contributed by atoms with Crippen molar-refractivity contribution in [2.75, 3.05) is 62.3 Å². The molecular formula is C22H32N6O4S. The van der Waals surface area contributed by atoms with E-state index in [0.717, 1.165) is 5.56 Å². The van der Waals surface area contributed by atoms with Crippen LogP contribution in [0.15, 0.2) is 41.6 Å². The van der Waals surface area contributed by atoms with Crippen molar-refractivity contribution < 1.29 is 18.3 Å². The van der Waals surface area contributed by atoms with Crippen molar-refractivity contribution in [3.63, 3.8) is 0 Å². The van der Waals surface area contributed by atoms with Crippen molar-refractivity contribution >= 4 is 27.1 Å². The highest BCUT2D eigenvalue weighted by Crippen LogP contribution is 2.32. The van der Waals surface area contributed by atoms with Crippen molar-refractivity contribution in [3.05, 3.63) is 47.8 Å². The first-order valence-corrected chi connectivity index (χ1v) is 12.7. The van der Waals surface area contributed by atoms with Crippen LogP contribution in [-0.4, -0.2) is 80.9 Å². The fourth-order valence-corrected chi connectivity index (χ4v) is 5.10. The lowest BCUT2D eigenvalue weighted by atomic mass is 10.1. The van der Waals surface area contributed by atoms with Gasteiger partial charge in [-0.25, -0.2) is 8.42 Å². The lowest BCUT2D eigenvalue weighted by molar-refractivity contribution is 0.0736. The van der Waals surface area contributed by atoms with Gasteiger partial charge >= 0.3 is 0 Å². The molecule has 0 saturated carbocycles. The minimum Gasteiger partial charge on any atom is -0.396 e. The minimum absolute atomic E-state index is 0.0433. The number of aliphatic hydroxyl groups is 1. The van der Waals surface area contributed by atoms with E-state index in [1.165, 1.54) is 6.07 Å². The molecule has 1 aromatic carbocycles. The molecule has 0 atom stereocenters. The molecule has 2 heterocycles. The first-order valence-electron chi connectivity index (χ1n) is 11.0. The molecule has 0 aliphatic carbocycles. The van der Waals surface area contributed by atoms with Crippen molar-refractivity contribution in [1.29, 1.82) is 0 Å². The van der Waals surface area contributed by atoms with Crippen LogP contribution in [0.5, 0.6) is 0 Å². The van der Waals surface area contributed by atoms with Gasteiger partial charge in [0.25, 0.3) is 5.91 Å². The second-order valence-corrected chi connectivity index (χ2v) is 9.83. The summed E-state index contributed by atoms with van der Waals surface area (Å²) in [5, 5.41) is 18.8. The van der Waals surface area contributed by atoms with E-state index in [1.807, 2.05) is 12.1 Å². The standard InChI is InChI=1S/C22H32N6O4S/c23-4-7-26-19-15-20(27-16-17-2-5-24-6-3-17)21(33(31,32)13-1-12-29)14-18(19)22(30)28-10-8-25-9-11-28/h2-3,5-6,14-15,25-27,29H,1,4,7-13,16,23H2. The van der Waals surface area contributed by atoms with Gasteiger partial charge in [-0.1, -0.05) is 0 Å². The van der Waals surface area contributed by atoms with Gasteiger partial charge in [-0.15, -0.1) is 0 Å². The van der Waals surface area contributed by atoms with Crippen molar-refractivity contribution in [2.24, 2.45) is 5.73 Å². The number of piperazine rings is 1. The molecule has 10 nitrogen and oxygen atoms in total. The molecule has 1 amide bonds. The Morgan fingerprint density at radius 2 is 1.88 bits per heavy atom. The van der Waals surface area contributed by atoms with E-state index in [0.29, 0.717) is 62.8 Å². The Labute approximate surface area is 194 Å². The van der Waals surface area contributed by atoms with Gasteiger partial charge in [0, 0.05) is 70.5 Å². The number of hydrogen-bond acceptors (Lipinski definition) is 9. The van der Waals surface area contributed by atoms with E-state index in [-0.39, 0.29) is 29.6 Å². The zero-order chi connectivity index (χ0) is 23.7. The zero-order valence-electron chi connectivity index (χ0n) is 18.6. The van der Waals surface area contributed by atoms with E-state index in [2.05, 4.69) is 20.9 Å². The van der Waals surface area contributed by atoms with Crippen LogP contribution in [0.1, 0.15) is 22.3 Å². The molecule has 0 spiro atoms. The van der Waals surface area contributed by atoms with Crippen LogP contribution < -0.4 is 21.7 Å². The van der Waals surface area contributed by atoms with Gasteiger partial charge in [0.1, 0.15) is 0 Å². The number of sulfone groups is 1. The van der Waals surface area contributed by atoms with Gasteiger partial charge in [-0.05, 0) is 36.2 Å². The maximum atomic E-state index is 13.3. The first kappa shape index (κ1) is 24.9. The smallest absolute Gasteiger partial charge is 0.256 e. The topological polar surface area (TPSA) is 150 Å². The third kappa shape index (κ3) is 6.64. The number of anilines is 2. The van der Waals surface area contributed by atoms with Crippen LogP contribution in [0.25, 0.3) is 0 Å².